The van der Waals surface area contributed by atoms with E-state index in [1.54, 1.807) is 4.68 Å². The fourth-order valence-electron chi connectivity index (χ4n) is 3.54. The van der Waals surface area contributed by atoms with Crippen LogP contribution in [0, 0.1) is 11.8 Å². The van der Waals surface area contributed by atoms with Crippen molar-refractivity contribution in [3.05, 3.63) is 42.2 Å². The lowest BCUT2D eigenvalue weighted by Gasteiger charge is -2.29. The summed E-state index contributed by atoms with van der Waals surface area (Å²) in [4.78, 5) is 12.6. The van der Waals surface area contributed by atoms with E-state index in [1.807, 2.05) is 50.4 Å². The molecule has 1 aliphatic rings. The smallest absolute Gasteiger partial charge is 0.221 e. The van der Waals surface area contributed by atoms with Crippen molar-refractivity contribution in [2.45, 2.75) is 45.6 Å². The van der Waals surface area contributed by atoms with Crippen LogP contribution in [-0.2, 0) is 10.3 Å². The van der Waals surface area contributed by atoms with Crippen molar-refractivity contribution in [1.29, 1.82) is 0 Å². The monoisotopic (exact) mass is 391 g/mol. The van der Waals surface area contributed by atoms with E-state index < -0.39 is 5.54 Å². The Balaban J connectivity index is 0.00000261. The van der Waals surface area contributed by atoms with Gasteiger partial charge in [0.25, 0.3) is 0 Å². The lowest BCUT2D eigenvalue weighted by Crippen LogP contribution is -2.43. The average Bonchev–Trinajstić information content (AvgIpc) is 3.14. The highest BCUT2D eigenvalue weighted by atomic mass is 35.5. The summed E-state index contributed by atoms with van der Waals surface area (Å²) in [5, 5.41) is 15.0. The Morgan fingerprint density at radius 2 is 2.11 bits per heavy atom. The number of amides is 1. The van der Waals surface area contributed by atoms with Crippen LogP contribution in [0.5, 0.6) is 0 Å². The van der Waals surface area contributed by atoms with Crippen LogP contribution in [0.15, 0.2) is 36.5 Å². The molecule has 2 atom stereocenters. The third kappa shape index (κ3) is 5.53. The molecule has 7 heteroatoms. The summed E-state index contributed by atoms with van der Waals surface area (Å²) in [5.74, 6) is 1.03. The van der Waals surface area contributed by atoms with Gasteiger partial charge >= 0.3 is 0 Å². The molecule has 27 heavy (non-hydrogen) atoms. The van der Waals surface area contributed by atoms with E-state index >= 15 is 0 Å². The molecule has 2 unspecified atom stereocenters. The Labute approximate surface area is 167 Å². The molecule has 2 N–H and O–H groups in total. The van der Waals surface area contributed by atoms with Gasteiger partial charge in [-0.25, -0.2) is 4.68 Å². The molecular formula is C20H30ClN5O. The van der Waals surface area contributed by atoms with Crippen molar-refractivity contribution in [3.63, 3.8) is 0 Å². The number of piperidine rings is 1. The Morgan fingerprint density at radius 3 is 2.78 bits per heavy atom. The van der Waals surface area contributed by atoms with Crippen LogP contribution >= 0.6 is 12.4 Å². The number of carbonyl (C=O) groups excluding carboxylic acids is 1. The highest BCUT2D eigenvalue weighted by Crippen LogP contribution is 2.24. The maximum absolute atomic E-state index is 12.6. The standard InChI is InChI=1S/C20H29N5O.ClH/c1-15(16-8-7-11-21-13-16)12-19(26)22-20(2,3)18-14-25(24-23-18)17-9-5-4-6-10-17;/h4-6,9-10,14-16,21H,7-8,11-13H2,1-3H3,(H,22,26);1H. The number of nitrogens with zero attached hydrogens (tertiary/aromatic N) is 3. The lowest BCUT2D eigenvalue weighted by molar-refractivity contribution is -0.124. The van der Waals surface area contributed by atoms with Crippen LogP contribution < -0.4 is 10.6 Å². The normalized spacial score (nSPS) is 18.4. The number of rotatable bonds is 6. The topological polar surface area (TPSA) is 71.8 Å². The van der Waals surface area contributed by atoms with Gasteiger partial charge in [-0.2, -0.15) is 0 Å². The number of nitrogens with one attached hydrogen (secondary N) is 2. The number of aromatic nitrogens is 3. The minimum Gasteiger partial charge on any atom is -0.345 e. The second-order valence-electron chi connectivity index (χ2n) is 7.84. The van der Waals surface area contributed by atoms with Crippen LogP contribution in [0.25, 0.3) is 5.69 Å². The minimum absolute atomic E-state index is 0. The number of benzene rings is 1. The molecule has 0 radical (unpaired) electrons. The van der Waals surface area contributed by atoms with E-state index in [1.165, 1.54) is 12.8 Å². The quantitative estimate of drug-likeness (QED) is 0.793. The molecular weight excluding hydrogens is 362 g/mol. The zero-order valence-corrected chi connectivity index (χ0v) is 17.1. The molecule has 2 aromatic rings. The Morgan fingerprint density at radius 1 is 1.37 bits per heavy atom. The van der Waals surface area contributed by atoms with Gasteiger partial charge in [0.05, 0.1) is 17.4 Å². The van der Waals surface area contributed by atoms with Gasteiger partial charge in [0.1, 0.15) is 5.69 Å². The molecule has 1 aromatic heterocycles. The Hall–Kier alpha value is -1.92. The highest BCUT2D eigenvalue weighted by Gasteiger charge is 2.28. The first kappa shape index (κ1) is 21.4. The summed E-state index contributed by atoms with van der Waals surface area (Å²) in [5.41, 5.74) is 1.14. The summed E-state index contributed by atoms with van der Waals surface area (Å²) in [6.45, 7) is 8.23. The van der Waals surface area contributed by atoms with Gasteiger partial charge in [0.15, 0.2) is 0 Å². The lowest BCUT2D eigenvalue weighted by atomic mass is 9.85. The van der Waals surface area contributed by atoms with E-state index in [0.717, 1.165) is 24.5 Å². The zero-order valence-electron chi connectivity index (χ0n) is 16.3. The summed E-state index contributed by atoms with van der Waals surface area (Å²) >= 11 is 0. The van der Waals surface area contributed by atoms with Gasteiger partial charge in [-0.15, -0.1) is 17.5 Å². The van der Waals surface area contributed by atoms with E-state index in [0.29, 0.717) is 18.3 Å². The van der Waals surface area contributed by atoms with Gasteiger partial charge in [-0.05, 0) is 63.7 Å². The van der Waals surface area contributed by atoms with E-state index in [2.05, 4.69) is 27.9 Å². The summed E-state index contributed by atoms with van der Waals surface area (Å²) < 4.78 is 1.74. The number of carbonyl (C=O) groups is 1. The van der Waals surface area contributed by atoms with Crippen LogP contribution in [0.2, 0.25) is 0 Å². The van der Waals surface area contributed by atoms with E-state index in [9.17, 15) is 4.79 Å². The fourth-order valence-corrected chi connectivity index (χ4v) is 3.54. The largest absolute Gasteiger partial charge is 0.345 e. The first-order valence-electron chi connectivity index (χ1n) is 9.45. The minimum atomic E-state index is -0.561. The summed E-state index contributed by atoms with van der Waals surface area (Å²) in [6, 6.07) is 9.85. The van der Waals surface area contributed by atoms with Crippen LogP contribution in [0.4, 0.5) is 0 Å². The molecule has 3 rings (SSSR count). The first-order valence-corrected chi connectivity index (χ1v) is 9.45. The highest BCUT2D eigenvalue weighted by molar-refractivity contribution is 5.85. The van der Waals surface area contributed by atoms with E-state index in [-0.39, 0.29) is 18.3 Å². The average molecular weight is 392 g/mol. The van der Waals surface area contributed by atoms with Gasteiger partial charge in [-0.1, -0.05) is 30.3 Å². The van der Waals surface area contributed by atoms with Gasteiger partial charge in [-0.3, -0.25) is 4.79 Å². The maximum Gasteiger partial charge on any atom is 0.221 e. The molecule has 1 aromatic carbocycles. The fraction of sp³-hybridized carbons (Fsp3) is 0.550. The molecule has 6 nitrogen and oxygen atoms in total. The third-order valence-electron chi connectivity index (χ3n) is 5.25. The van der Waals surface area contributed by atoms with Crippen LogP contribution in [0.1, 0.15) is 45.7 Å². The molecule has 0 spiro atoms. The maximum atomic E-state index is 12.6. The molecule has 148 valence electrons. The van der Waals surface area contributed by atoms with Crippen molar-refractivity contribution in [2.75, 3.05) is 13.1 Å². The number of halogens is 1. The van der Waals surface area contributed by atoms with Crippen LogP contribution in [-0.4, -0.2) is 34.0 Å². The molecule has 0 saturated carbocycles. The third-order valence-corrected chi connectivity index (χ3v) is 5.25. The molecule has 1 fully saturated rings. The summed E-state index contributed by atoms with van der Waals surface area (Å²) in [6.07, 6.45) is 4.83. The second kappa shape index (κ2) is 9.33. The zero-order chi connectivity index (χ0) is 18.6. The van der Waals surface area contributed by atoms with Crippen LogP contribution in [0.3, 0.4) is 0 Å². The van der Waals surface area contributed by atoms with Gasteiger partial charge in [0, 0.05) is 6.42 Å². The van der Waals surface area contributed by atoms with Crippen molar-refractivity contribution in [3.8, 4) is 5.69 Å². The molecule has 2 heterocycles. The Kier molecular flexibility index (Phi) is 7.39. The predicted molar refractivity (Wildman–Crippen MR) is 109 cm³/mol. The van der Waals surface area contributed by atoms with Gasteiger partial charge in [0.2, 0.25) is 5.91 Å². The first-order chi connectivity index (χ1) is 12.5. The molecule has 0 aliphatic carbocycles. The van der Waals surface area contributed by atoms with Crippen molar-refractivity contribution >= 4 is 18.3 Å². The number of para-hydroxylation sites is 1. The van der Waals surface area contributed by atoms with E-state index in [4.69, 9.17) is 0 Å². The number of hydrogen-bond acceptors (Lipinski definition) is 4. The Bertz CT molecular complexity index is 725. The molecule has 0 bridgehead atoms. The van der Waals surface area contributed by atoms with Crippen molar-refractivity contribution in [1.82, 2.24) is 25.6 Å². The number of hydrogen-bond donors (Lipinski definition) is 2. The van der Waals surface area contributed by atoms with Gasteiger partial charge < -0.3 is 10.6 Å². The van der Waals surface area contributed by atoms with Crippen molar-refractivity contribution in [2.24, 2.45) is 11.8 Å². The predicted octanol–water partition coefficient (Wildman–Crippen LogP) is 3.07. The molecule has 1 aliphatic heterocycles. The van der Waals surface area contributed by atoms with Crippen molar-refractivity contribution < 1.29 is 4.79 Å². The molecule has 1 amide bonds. The second-order valence-corrected chi connectivity index (χ2v) is 7.84. The molecule has 1 saturated heterocycles. The summed E-state index contributed by atoms with van der Waals surface area (Å²) in [7, 11) is 0. The SMILES string of the molecule is CC(CC(=O)NC(C)(C)c1cn(-c2ccccc2)nn1)C1CCCNC1.Cl.